The van der Waals surface area contributed by atoms with Gasteiger partial charge in [0.05, 0.1) is 6.10 Å². The molecule has 0 amide bonds. The Morgan fingerprint density at radius 2 is 1.82 bits per heavy atom. The molecule has 4 aliphatic rings. The molecule has 3 fully saturated rings. The molecule has 3 saturated carbocycles. The molecular formula is C25H34O8. The van der Waals surface area contributed by atoms with Crippen molar-refractivity contribution < 1.29 is 38.9 Å². The summed E-state index contributed by atoms with van der Waals surface area (Å²) in [6, 6.07) is 0. The smallest absolute Gasteiger partial charge is 0.303 e. The molecule has 0 aliphatic heterocycles. The van der Waals surface area contributed by atoms with Gasteiger partial charge in [-0.3, -0.25) is 19.2 Å². The number of Topliss-reactive ketones (excluding diaryl/α,β-unsaturated/α-hetero) is 1. The summed E-state index contributed by atoms with van der Waals surface area (Å²) in [5.74, 6) is -1.95. The first-order valence-electron chi connectivity index (χ1n) is 11.8. The maximum absolute atomic E-state index is 13.0. The zero-order chi connectivity index (χ0) is 24.3. The van der Waals surface area contributed by atoms with E-state index < -0.39 is 53.0 Å². The Bertz CT molecular complexity index is 923. The number of esters is 2. The summed E-state index contributed by atoms with van der Waals surface area (Å²) in [4.78, 5) is 48.3. The summed E-state index contributed by atoms with van der Waals surface area (Å²) in [5.41, 5.74) is -2.04. The van der Waals surface area contributed by atoms with Crippen LogP contribution in [0.15, 0.2) is 11.6 Å². The van der Waals surface area contributed by atoms with Crippen molar-refractivity contribution in [2.45, 2.75) is 84.0 Å². The molecule has 182 valence electrons. The molecule has 2 N–H and O–H groups in total. The van der Waals surface area contributed by atoms with Crippen LogP contribution in [0.25, 0.3) is 0 Å². The summed E-state index contributed by atoms with van der Waals surface area (Å²) < 4.78 is 10.2. The van der Waals surface area contributed by atoms with Crippen LogP contribution in [0, 0.1) is 28.6 Å². The Morgan fingerprint density at radius 3 is 2.45 bits per heavy atom. The van der Waals surface area contributed by atoms with Gasteiger partial charge in [-0.2, -0.15) is 0 Å². The zero-order valence-corrected chi connectivity index (χ0v) is 19.8. The van der Waals surface area contributed by atoms with Crippen LogP contribution in [-0.2, 0) is 28.7 Å². The summed E-state index contributed by atoms with van der Waals surface area (Å²) in [7, 11) is 0. The average Bonchev–Trinajstić information content (AvgIpc) is 2.98. The van der Waals surface area contributed by atoms with Crippen molar-refractivity contribution in [3.8, 4) is 0 Å². The van der Waals surface area contributed by atoms with Crippen molar-refractivity contribution in [3.63, 3.8) is 0 Å². The van der Waals surface area contributed by atoms with Crippen molar-refractivity contribution in [1.82, 2.24) is 0 Å². The monoisotopic (exact) mass is 462 g/mol. The number of rotatable bonds is 4. The van der Waals surface area contributed by atoms with Crippen LogP contribution < -0.4 is 0 Å². The minimum absolute atomic E-state index is 0.000330. The molecule has 8 atom stereocenters. The van der Waals surface area contributed by atoms with Crippen molar-refractivity contribution in [2.75, 3.05) is 6.61 Å². The van der Waals surface area contributed by atoms with Gasteiger partial charge < -0.3 is 19.7 Å². The van der Waals surface area contributed by atoms with Crippen LogP contribution >= 0.6 is 0 Å². The minimum atomic E-state index is -1.67. The van der Waals surface area contributed by atoms with E-state index >= 15 is 0 Å². The molecule has 8 heteroatoms. The third kappa shape index (κ3) is 3.57. The van der Waals surface area contributed by atoms with Gasteiger partial charge in [-0.05, 0) is 61.3 Å². The van der Waals surface area contributed by atoms with Crippen molar-refractivity contribution in [2.24, 2.45) is 28.6 Å². The van der Waals surface area contributed by atoms with E-state index in [-0.39, 0.29) is 36.4 Å². The van der Waals surface area contributed by atoms with Gasteiger partial charge >= 0.3 is 11.9 Å². The average molecular weight is 463 g/mol. The van der Waals surface area contributed by atoms with Crippen molar-refractivity contribution in [1.29, 1.82) is 0 Å². The highest BCUT2D eigenvalue weighted by Crippen LogP contribution is 2.67. The molecule has 0 heterocycles. The first kappa shape index (κ1) is 24.1. The minimum Gasteiger partial charge on any atom is -0.458 e. The number of allylic oxidation sites excluding steroid dienone is 1. The van der Waals surface area contributed by atoms with Gasteiger partial charge in [0.1, 0.15) is 5.60 Å². The van der Waals surface area contributed by atoms with Gasteiger partial charge in [0, 0.05) is 25.7 Å². The van der Waals surface area contributed by atoms with Gasteiger partial charge in [-0.15, -0.1) is 0 Å². The number of aliphatic hydroxyl groups is 2. The molecule has 0 aromatic carbocycles. The van der Waals surface area contributed by atoms with Crippen LogP contribution in [-0.4, -0.2) is 58.1 Å². The molecule has 4 rings (SSSR count). The lowest BCUT2D eigenvalue weighted by Gasteiger charge is -2.60. The lowest BCUT2D eigenvalue weighted by Crippen LogP contribution is -2.62. The Morgan fingerprint density at radius 1 is 1.12 bits per heavy atom. The lowest BCUT2D eigenvalue weighted by molar-refractivity contribution is -0.187. The van der Waals surface area contributed by atoms with Gasteiger partial charge in [-0.25, -0.2) is 0 Å². The van der Waals surface area contributed by atoms with Gasteiger partial charge in [0.15, 0.2) is 18.5 Å². The molecule has 0 saturated heterocycles. The van der Waals surface area contributed by atoms with Gasteiger partial charge in [0.25, 0.3) is 0 Å². The number of ether oxygens (including phenoxy) is 2. The SMILES string of the molecule is CC(=O)OCC(=O)[C@@]1(O)CC[C@H]2[C@@H]3CCC4=CC(=O)[C@@H](OC(C)=O)C[C@]4(C)[C@H]3[C@@H](O)C[C@@]21C. The fourth-order valence-corrected chi connectivity index (χ4v) is 7.78. The molecule has 0 spiro atoms. The predicted molar refractivity (Wildman–Crippen MR) is 116 cm³/mol. The van der Waals surface area contributed by atoms with E-state index in [9.17, 15) is 29.4 Å². The molecule has 33 heavy (non-hydrogen) atoms. The van der Waals surface area contributed by atoms with E-state index in [1.54, 1.807) is 6.08 Å². The highest BCUT2D eigenvalue weighted by atomic mass is 16.5. The number of fused-ring (bicyclic) bond motifs is 5. The Balaban J connectivity index is 1.65. The first-order chi connectivity index (χ1) is 15.3. The molecule has 8 nitrogen and oxygen atoms in total. The Kier molecular flexibility index (Phi) is 5.85. The van der Waals surface area contributed by atoms with E-state index in [4.69, 9.17) is 9.47 Å². The second kappa shape index (κ2) is 8.01. The zero-order valence-electron chi connectivity index (χ0n) is 19.8. The van der Waals surface area contributed by atoms with Crippen molar-refractivity contribution in [3.05, 3.63) is 11.6 Å². The van der Waals surface area contributed by atoms with Gasteiger partial charge in [-0.1, -0.05) is 19.4 Å². The fraction of sp³-hybridized carbons (Fsp3) is 0.760. The van der Waals surface area contributed by atoms with Crippen LogP contribution in [0.5, 0.6) is 0 Å². The van der Waals surface area contributed by atoms with E-state index in [1.807, 2.05) is 13.8 Å². The third-order valence-corrected chi connectivity index (χ3v) is 9.24. The fourth-order valence-electron chi connectivity index (χ4n) is 7.78. The highest BCUT2D eigenvalue weighted by Gasteiger charge is 2.68. The molecule has 0 aromatic heterocycles. The number of hydrogen-bond donors (Lipinski definition) is 2. The Labute approximate surface area is 193 Å². The normalized spacial score (nSPS) is 44.1. The summed E-state index contributed by atoms with van der Waals surface area (Å²) in [6.45, 7) is 5.94. The summed E-state index contributed by atoms with van der Waals surface area (Å²) in [5, 5.41) is 23.0. The Hall–Kier alpha value is -2.06. The molecule has 4 aliphatic carbocycles. The number of ketones is 2. The van der Waals surface area contributed by atoms with Crippen LogP contribution in [0.4, 0.5) is 0 Å². The highest BCUT2D eigenvalue weighted by molar-refractivity contribution is 5.96. The largest absolute Gasteiger partial charge is 0.458 e. The van der Waals surface area contributed by atoms with E-state index in [2.05, 4.69) is 0 Å². The van der Waals surface area contributed by atoms with Crippen molar-refractivity contribution >= 4 is 23.5 Å². The quantitative estimate of drug-likeness (QED) is 0.607. The first-order valence-corrected chi connectivity index (χ1v) is 11.8. The molecule has 0 bridgehead atoms. The number of aliphatic hydroxyl groups excluding tert-OH is 1. The lowest BCUT2D eigenvalue weighted by atomic mass is 9.45. The van der Waals surface area contributed by atoms with Crippen LogP contribution in [0.2, 0.25) is 0 Å². The molecule has 0 unspecified atom stereocenters. The number of carbonyl (C=O) groups is 4. The topological polar surface area (TPSA) is 127 Å². The second-order valence-electron chi connectivity index (χ2n) is 10.9. The summed E-state index contributed by atoms with van der Waals surface area (Å²) >= 11 is 0. The van der Waals surface area contributed by atoms with Gasteiger partial charge in [0.2, 0.25) is 5.78 Å². The maximum atomic E-state index is 13.0. The maximum Gasteiger partial charge on any atom is 0.303 e. The molecular weight excluding hydrogens is 428 g/mol. The van der Waals surface area contributed by atoms with Crippen LogP contribution in [0.3, 0.4) is 0 Å². The molecule has 0 radical (unpaired) electrons. The van der Waals surface area contributed by atoms with E-state index in [0.717, 1.165) is 12.0 Å². The standard InChI is InChI=1S/C25H34O8/c1-13(26)32-12-21(30)25(31)8-7-17-16-6-5-15-9-18(28)20(33-14(2)27)11-23(15,3)22(16)19(29)10-24(17,25)4/h9,16-17,19-20,22,29,31H,5-8,10-12H2,1-4H3/t16-,17-,19-,20-,22+,23-,24-,25-/m0/s1. The second-order valence-corrected chi connectivity index (χ2v) is 10.9. The summed E-state index contributed by atoms with van der Waals surface area (Å²) in [6.07, 6.45) is 2.83. The number of hydrogen-bond acceptors (Lipinski definition) is 8. The molecule has 0 aromatic rings. The van der Waals surface area contributed by atoms with Crippen LogP contribution in [0.1, 0.15) is 66.2 Å². The third-order valence-electron chi connectivity index (χ3n) is 9.24. The number of carbonyl (C=O) groups excluding carboxylic acids is 4. The van der Waals surface area contributed by atoms with E-state index in [0.29, 0.717) is 19.3 Å². The predicted octanol–water partition coefficient (Wildman–Crippen LogP) is 1.89. The van der Waals surface area contributed by atoms with E-state index in [1.165, 1.54) is 13.8 Å².